The first-order chi connectivity index (χ1) is 6.07. The topological polar surface area (TPSA) is 46.2 Å². The largest absolute Gasteiger partial charge is 0.311 e. The van der Waals surface area contributed by atoms with Crippen LogP contribution in [0.2, 0.25) is 0 Å². The van der Waals surface area contributed by atoms with E-state index in [9.17, 15) is 8.42 Å². The van der Waals surface area contributed by atoms with Gasteiger partial charge < -0.3 is 5.32 Å². The van der Waals surface area contributed by atoms with E-state index in [2.05, 4.69) is 5.32 Å². The Morgan fingerprint density at radius 3 is 1.86 bits per heavy atom. The first kappa shape index (κ1) is 13.9. The molecule has 0 rings (SSSR count). The van der Waals surface area contributed by atoms with Gasteiger partial charge in [0.1, 0.15) is 0 Å². The standard InChI is InChI=1S/C10H23NO2S/c1-8(2)14(12,13)9(3)7-11-10(4,5)6/h8-9,11H,7H2,1-6H3. The highest BCUT2D eigenvalue weighted by molar-refractivity contribution is 7.92. The summed E-state index contributed by atoms with van der Waals surface area (Å²) in [5.41, 5.74) is -0.0270. The molecule has 1 N–H and O–H groups in total. The van der Waals surface area contributed by atoms with Crippen LogP contribution in [0.4, 0.5) is 0 Å². The van der Waals surface area contributed by atoms with E-state index in [0.717, 1.165) is 0 Å². The number of hydrogen-bond acceptors (Lipinski definition) is 3. The first-order valence-corrected chi connectivity index (χ1v) is 6.66. The van der Waals surface area contributed by atoms with Crippen LogP contribution in [0.1, 0.15) is 41.5 Å². The third kappa shape index (κ3) is 4.42. The third-order valence-corrected chi connectivity index (χ3v) is 4.74. The lowest BCUT2D eigenvalue weighted by atomic mass is 10.1. The van der Waals surface area contributed by atoms with E-state index in [1.807, 2.05) is 20.8 Å². The molecular formula is C10H23NO2S. The van der Waals surface area contributed by atoms with E-state index in [4.69, 9.17) is 0 Å². The Balaban J connectivity index is 4.30. The van der Waals surface area contributed by atoms with Crippen molar-refractivity contribution in [3.05, 3.63) is 0 Å². The quantitative estimate of drug-likeness (QED) is 0.784. The summed E-state index contributed by atoms with van der Waals surface area (Å²) < 4.78 is 23.4. The summed E-state index contributed by atoms with van der Waals surface area (Å²) in [6.45, 7) is 11.8. The van der Waals surface area contributed by atoms with Crippen LogP contribution in [0.5, 0.6) is 0 Å². The van der Waals surface area contributed by atoms with Gasteiger partial charge in [-0.1, -0.05) is 0 Å². The molecule has 0 heterocycles. The summed E-state index contributed by atoms with van der Waals surface area (Å²) in [4.78, 5) is 0. The fourth-order valence-corrected chi connectivity index (χ4v) is 2.28. The molecule has 0 aliphatic heterocycles. The SMILES string of the molecule is CC(C)S(=O)(=O)C(C)CNC(C)(C)C. The maximum Gasteiger partial charge on any atom is 0.156 e. The van der Waals surface area contributed by atoms with Crippen LogP contribution in [-0.2, 0) is 9.84 Å². The first-order valence-electron chi connectivity index (χ1n) is 5.05. The Bertz CT molecular complexity index is 262. The molecule has 0 spiro atoms. The smallest absolute Gasteiger partial charge is 0.156 e. The second kappa shape index (κ2) is 4.62. The van der Waals surface area contributed by atoms with Gasteiger partial charge >= 0.3 is 0 Å². The van der Waals surface area contributed by atoms with Gasteiger partial charge in [0, 0.05) is 12.1 Å². The molecule has 3 nitrogen and oxygen atoms in total. The summed E-state index contributed by atoms with van der Waals surface area (Å²) in [6, 6.07) is 0. The lowest BCUT2D eigenvalue weighted by Crippen LogP contribution is -2.43. The maximum atomic E-state index is 11.7. The lowest BCUT2D eigenvalue weighted by molar-refractivity contribution is 0.424. The number of hydrogen-bond donors (Lipinski definition) is 1. The minimum atomic E-state index is -2.96. The molecule has 0 saturated heterocycles. The number of rotatable bonds is 4. The fraction of sp³-hybridized carbons (Fsp3) is 1.00. The zero-order valence-corrected chi connectivity index (χ0v) is 10.9. The highest BCUT2D eigenvalue weighted by atomic mass is 32.2. The van der Waals surface area contributed by atoms with Gasteiger partial charge in [0.2, 0.25) is 0 Å². The minimum absolute atomic E-state index is 0.0270. The molecular weight excluding hydrogens is 198 g/mol. The predicted molar refractivity (Wildman–Crippen MR) is 61.3 cm³/mol. The lowest BCUT2D eigenvalue weighted by Gasteiger charge is -2.24. The highest BCUT2D eigenvalue weighted by Crippen LogP contribution is 2.09. The molecule has 0 fully saturated rings. The van der Waals surface area contributed by atoms with Crippen molar-refractivity contribution in [2.75, 3.05) is 6.54 Å². The van der Waals surface area contributed by atoms with Crippen molar-refractivity contribution >= 4 is 9.84 Å². The highest BCUT2D eigenvalue weighted by Gasteiger charge is 2.25. The van der Waals surface area contributed by atoms with E-state index in [-0.39, 0.29) is 16.0 Å². The predicted octanol–water partition coefficient (Wildman–Crippen LogP) is 1.59. The average Bonchev–Trinajstić information content (AvgIpc) is 1.98. The van der Waals surface area contributed by atoms with Crippen molar-refractivity contribution in [2.24, 2.45) is 0 Å². The molecule has 1 atom stereocenters. The van der Waals surface area contributed by atoms with Gasteiger partial charge in [-0.05, 0) is 41.5 Å². The van der Waals surface area contributed by atoms with Gasteiger partial charge in [0.25, 0.3) is 0 Å². The molecule has 86 valence electrons. The second-order valence-electron chi connectivity index (χ2n) is 5.08. The van der Waals surface area contributed by atoms with Crippen molar-refractivity contribution < 1.29 is 8.42 Å². The molecule has 4 heteroatoms. The Hall–Kier alpha value is -0.0900. The summed E-state index contributed by atoms with van der Waals surface area (Å²) >= 11 is 0. The van der Waals surface area contributed by atoms with Gasteiger partial charge in [-0.15, -0.1) is 0 Å². The zero-order valence-electron chi connectivity index (χ0n) is 10.1. The molecule has 0 radical (unpaired) electrons. The molecule has 0 aliphatic rings. The summed E-state index contributed by atoms with van der Waals surface area (Å²) in [5.74, 6) is 0. The van der Waals surface area contributed by atoms with Crippen molar-refractivity contribution in [1.29, 1.82) is 0 Å². The van der Waals surface area contributed by atoms with E-state index >= 15 is 0 Å². The van der Waals surface area contributed by atoms with E-state index in [1.165, 1.54) is 0 Å². The van der Waals surface area contributed by atoms with Crippen molar-refractivity contribution in [3.63, 3.8) is 0 Å². The van der Waals surface area contributed by atoms with Crippen LogP contribution in [0.3, 0.4) is 0 Å². The fourth-order valence-electron chi connectivity index (χ4n) is 1.03. The van der Waals surface area contributed by atoms with Crippen molar-refractivity contribution in [2.45, 2.75) is 57.6 Å². The molecule has 0 saturated carbocycles. The van der Waals surface area contributed by atoms with Crippen LogP contribution in [0, 0.1) is 0 Å². The molecule has 0 aromatic rings. The molecule has 1 unspecified atom stereocenters. The molecule has 0 aromatic carbocycles. The number of nitrogens with one attached hydrogen (secondary N) is 1. The monoisotopic (exact) mass is 221 g/mol. The van der Waals surface area contributed by atoms with Gasteiger partial charge in [-0.25, -0.2) is 8.42 Å². The summed E-state index contributed by atoms with van der Waals surface area (Å²) in [7, 11) is -2.96. The minimum Gasteiger partial charge on any atom is -0.311 e. The summed E-state index contributed by atoms with van der Waals surface area (Å²) in [6.07, 6.45) is 0. The average molecular weight is 221 g/mol. The van der Waals surface area contributed by atoms with E-state index in [1.54, 1.807) is 20.8 Å². The molecule has 14 heavy (non-hydrogen) atoms. The zero-order chi connectivity index (χ0) is 11.6. The van der Waals surface area contributed by atoms with Crippen LogP contribution in [0.25, 0.3) is 0 Å². The molecule has 0 amide bonds. The van der Waals surface area contributed by atoms with Crippen molar-refractivity contribution in [1.82, 2.24) is 5.32 Å². The Morgan fingerprint density at radius 2 is 1.57 bits per heavy atom. The normalized spacial score (nSPS) is 15.9. The van der Waals surface area contributed by atoms with Gasteiger partial charge in [0.15, 0.2) is 9.84 Å². The molecule has 0 bridgehead atoms. The van der Waals surface area contributed by atoms with Crippen LogP contribution in [-0.4, -0.2) is 31.0 Å². The van der Waals surface area contributed by atoms with Gasteiger partial charge in [-0.2, -0.15) is 0 Å². The molecule has 0 aliphatic carbocycles. The maximum absolute atomic E-state index is 11.7. The van der Waals surface area contributed by atoms with Crippen LogP contribution < -0.4 is 5.32 Å². The van der Waals surface area contributed by atoms with Crippen LogP contribution in [0.15, 0.2) is 0 Å². The van der Waals surface area contributed by atoms with Crippen LogP contribution >= 0.6 is 0 Å². The second-order valence-corrected chi connectivity index (χ2v) is 8.00. The molecule has 0 aromatic heterocycles. The Morgan fingerprint density at radius 1 is 1.14 bits per heavy atom. The third-order valence-electron chi connectivity index (χ3n) is 2.14. The Labute approximate surface area is 88.2 Å². The van der Waals surface area contributed by atoms with E-state index in [0.29, 0.717) is 6.54 Å². The van der Waals surface area contributed by atoms with Gasteiger partial charge in [-0.3, -0.25) is 0 Å². The van der Waals surface area contributed by atoms with Gasteiger partial charge in [0.05, 0.1) is 10.5 Å². The summed E-state index contributed by atoms with van der Waals surface area (Å²) in [5, 5.41) is 2.59. The van der Waals surface area contributed by atoms with E-state index < -0.39 is 9.84 Å². The Kier molecular flexibility index (Phi) is 4.59. The van der Waals surface area contributed by atoms with Crippen molar-refractivity contribution in [3.8, 4) is 0 Å². The number of sulfone groups is 1.